The largest absolute Gasteiger partial charge is 0.329 e. The van der Waals surface area contributed by atoms with Crippen molar-refractivity contribution in [3.8, 4) is 0 Å². The molecule has 19 heavy (non-hydrogen) atoms. The van der Waals surface area contributed by atoms with Crippen LogP contribution < -0.4 is 0 Å². The molecule has 5 nitrogen and oxygen atoms in total. The Hall–Kier alpha value is -0.910. The quantitative estimate of drug-likeness (QED) is 0.733. The molecule has 2 amide bonds. The molecule has 0 N–H and O–H groups in total. The predicted molar refractivity (Wildman–Crippen MR) is 74.1 cm³/mol. The van der Waals surface area contributed by atoms with Crippen LogP contribution in [0.3, 0.4) is 0 Å². The van der Waals surface area contributed by atoms with Gasteiger partial charge in [-0.15, -0.1) is 0 Å². The summed E-state index contributed by atoms with van der Waals surface area (Å²) in [6, 6.07) is -0.547. The molecule has 6 heteroatoms. The van der Waals surface area contributed by atoms with Crippen molar-refractivity contribution in [3.05, 3.63) is 0 Å². The summed E-state index contributed by atoms with van der Waals surface area (Å²) in [5, 5.41) is 0. The molecule has 0 bridgehead atoms. The van der Waals surface area contributed by atoms with E-state index in [-0.39, 0.29) is 23.9 Å². The molecule has 2 fully saturated rings. The molecule has 3 atom stereocenters. The number of carbonyl (C=O) groups is 2. The van der Waals surface area contributed by atoms with E-state index >= 15 is 0 Å². The first-order valence-electron chi connectivity index (χ1n) is 6.97. The fourth-order valence-electron chi connectivity index (χ4n) is 3.06. The highest BCUT2D eigenvalue weighted by Gasteiger charge is 2.46. The van der Waals surface area contributed by atoms with Gasteiger partial charge in [-0.2, -0.15) is 0 Å². The van der Waals surface area contributed by atoms with Crippen molar-refractivity contribution in [1.82, 2.24) is 9.80 Å². The molecule has 2 saturated heterocycles. The van der Waals surface area contributed by atoms with E-state index in [2.05, 4.69) is 0 Å². The predicted octanol–water partition coefficient (Wildman–Crippen LogP) is 0.367. The van der Waals surface area contributed by atoms with Crippen molar-refractivity contribution in [3.63, 3.8) is 0 Å². The van der Waals surface area contributed by atoms with E-state index < -0.39 is 10.8 Å². The van der Waals surface area contributed by atoms with Crippen molar-refractivity contribution in [1.29, 1.82) is 0 Å². The first kappa shape index (κ1) is 14.5. The van der Waals surface area contributed by atoms with Crippen LogP contribution in [0.4, 0.5) is 0 Å². The van der Waals surface area contributed by atoms with Crippen LogP contribution >= 0.6 is 0 Å². The standard InChI is InChI=1S/C13H22N2O3S/c1-3-10-12(16)15-7-4-6-11(15)13(17)14(10)8-5-9-19(2)18/h10-11H,3-9H2,1-2H3. The van der Waals surface area contributed by atoms with E-state index in [4.69, 9.17) is 0 Å². The summed E-state index contributed by atoms with van der Waals surface area (Å²) in [5.74, 6) is 0.774. The number of hydrogen-bond acceptors (Lipinski definition) is 3. The summed E-state index contributed by atoms with van der Waals surface area (Å²) in [4.78, 5) is 28.3. The third-order valence-corrected chi connectivity index (χ3v) is 4.85. The van der Waals surface area contributed by atoms with Gasteiger partial charge >= 0.3 is 0 Å². The zero-order chi connectivity index (χ0) is 14.0. The molecule has 0 radical (unpaired) electrons. The zero-order valence-corrected chi connectivity index (χ0v) is 12.4. The fourth-order valence-corrected chi connectivity index (χ4v) is 3.59. The molecule has 2 heterocycles. The second kappa shape index (κ2) is 6.03. The first-order chi connectivity index (χ1) is 9.06. The number of carbonyl (C=O) groups excluding carboxylic acids is 2. The molecule has 2 aliphatic heterocycles. The summed E-state index contributed by atoms with van der Waals surface area (Å²) >= 11 is 0. The molecule has 2 rings (SSSR count). The van der Waals surface area contributed by atoms with Gasteiger partial charge in [0.05, 0.1) is 0 Å². The Labute approximate surface area is 116 Å². The van der Waals surface area contributed by atoms with Gasteiger partial charge in [0.25, 0.3) is 0 Å². The Morgan fingerprint density at radius 2 is 2.05 bits per heavy atom. The van der Waals surface area contributed by atoms with Crippen LogP contribution in [0.5, 0.6) is 0 Å². The summed E-state index contributed by atoms with van der Waals surface area (Å²) in [7, 11) is -0.842. The SMILES string of the molecule is CCC1C(=O)N2CCCC2C(=O)N1CCCS(C)=O. The van der Waals surface area contributed by atoms with Crippen LogP contribution in [-0.4, -0.2) is 63.0 Å². The number of rotatable bonds is 5. The maximum Gasteiger partial charge on any atom is 0.246 e. The molecule has 0 aromatic carbocycles. The first-order valence-corrected chi connectivity index (χ1v) is 8.70. The maximum atomic E-state index is 12.5. The monoisotopic (exact) mass is 286 g/mol. The molecule has 0 aromatic rings. The van der Waals surface area contributed by atoms with Gasteiger partial charge in [-0.1, -0.05) is 6.92 Å². The zero-order valence-electron chi connectivity index (χ0n) is 11.6. The van der Waals surface area contributed by atoms with E-state index in [0.717, 1.165) is 19.4 Å². The average molecular weight is 286 g/mol. The minimum absolute atomic E-state index is 0.0887. The van der Waals surface area contributed by atoms with Crippen LogP contribution in [0.25, 0.3) is 0 Å². The van der Waals surface area contributed by atoms with Gasteiger partial charge in [-0.25, -0.2) is 0 Å². The van der Waals surface area contributed by atoms with Crippen LogP contribution in [0.2, 0.25) is 0 Å². The van der Waals surface area contributed by atoms with E-state index in [9.17, 15) is 13.8 Å². The normalized spacial score (nSPS) is 28.7. The highest BCUT2D eigenvalue weighted by atomic mass is 32.2. The van der Waals surface area contributed by atoms with E-state index in [1.165, 1.54) is 0 Å². The van der Waals surface area contributed by atoms with Gasteiger partial charge < -0.3 is 9.80 Å². The van der Waals surface area contributed by atoms with E-state index in [1.807, 2.05) is 6.92 Å². The van der Waals surface area contributed by atoms with Crippen molar-refractivity contribution in [2.75, 3.05) is 25.1 Å². The average Bonchev–Trinajstić information content (AvgIpc) is 2.84. The lowest BCUT2D eigenvalue weighted by Gasteiger charge is -2.42. The Kier molecular flexibility index (Phi) is 4.60. The molecule has 2 aliphatic rings. The van der Waals surface area contributed by atoms with Crippen molar-refractivity contribution >= 4 is 22.6 Å². The van der Waals surface area contributed by atoms with Crippen LogP contribution in [0.1, 0.15) is 32.6 Å². The minimum atomic E-state index is -0.842. The fraction of sp³-hybridized carbons (Fsp3) is 0.846. The molecule has 0 aliphatic carbocycles. The highest BCUT2D eigenvalue weighted by Crippen LogP contribution is 2.28. The maximum absolute atomic E-state index is 12.5. The topological polar surface area (TPSA) is 57.7 Å². The van der Waals surface area contributed by atoms with Crippen molar-refractivity contribution in [2.24, 2.45) is 0 Å². The van der Waals surface area contributed by atoms with Gasteiger partial charge in [0.15, 0.2) is 0 Å². The Morgan fingerprint density at radius 3 is 2.68 bits per heavy atom. The summed E-state index contributed by atoms with van der Waals surface area (Å²) in [5.41, 5.74) is 0. The Bertz CT molecular complexity index is 399. The van der Waals surface area contributed by atoms with Gasteiger partial charge in [0.1, 0.15) is 12.1 Å². The molecular weight excluding hydrogens is 264 g/mol. The third-order valence-electron chi connectivity index (χ3n) is 3.98. The second-order valence-corrected chi connectivity index (χ2v) is 6.83. The lowest BCUT2D eigenvalue weighted by Crippen LogP contribution is -2.62. The lowest BCUT2D eigenvalue weighted by atomic mass is 10.0. The van der Waals surface area contributed by atoms with Gasteiger partial charge in [0, 0.05) is 35.9 Å². The summed E-state index contributed by atoms with van der Waals surface area (Å²) < 4.78 is 11.1. The number of piperazine rings is 1. The van der Waals surface area contributed by atoms with Gasteiger partial charge in [-0.3, -0.25) is 13.8 Å². The molecule has 0 saturated carbocycles. The van der Waals surface area contributed by atoms with Crippen molar-refractivity contribution in [2.45, 2.75) is 44.7 Å². The number of nitrogens with zero attached hydrogens (tertiary/aromatic N) is 2. The molecule has 0 aromatic heterocycles. The summed E-state index contributed by atoms with van der Waals surface area (Å²) in [6.45, 7) is 3.21. The highest BCUT2D eigenvalue weighted by molar-refractivity contribution is 7.84. The summed E-state index contributed by atoms with van der Waals surface area (Å²) in [6.07, 6.45) is 4.73. The van der Waals surface area contributed by atoms with Gasteiger partial charge in [-0.05, 0) is 25.7 Å². The minimum Gasteiger partial charge on any atom is -0.329 e. The molecular formula is C13H22N2O3S. The molecule has 3 unspecified atom stereocenters. The Balaban J connectivity index is 2.08. The number of amides is 2. The van der Waals surface area contributed by atoms with E-state index in [0.29, 0.717) is 25.1 Å². The number of hydrogen-bond donors (Lipinski definition) is 0. The van der Waals surface area contributed by atoms with Crippen LogP contribution in [0.15, 0.2) is 0 Å². The van der Waals surface area contributed by atoms with Crippen LogP contribution in [-0.2, 0) is 20.4 Å². The Morgan fingerprint density at radius 1 is 1.32 bits per heavy atom. The van der Waals surface area contributed by atoms with Crippen molar-refractivity contribution < 1.29 is 13.8 Å². The molecule has 108 valence electrons. The smallest absolute Gasteiger partial charge is 0.246 e. The van der Waals surface area contributed by atoms with Crippen LogP contribution in [0, 0.1) is 0 Å². The second-order valence-electron chi connectivity index (χ2n) is 5.28. The third kappa shape index (κ3) is 2.83. The lowest BCUT2D eigenvalue weighted by molar-refractivity contribution is -0.159. The van der Waals surface area contributed by atoms with E-state index in [1.54, 1.807) is 16.1 Å². The van der Waals surface area contributed by atoms with Gasteiger partial charge in [0.2, 0.25) is 11.8 Å². The molecule has 0 spiro atoms. The number of fused-ring (bicyclic) bond motifs is 1.